The van der Waals surface area contributed by atoms with Crippen LogP contribution in [0.5, 0.6) is 0 Å². The largest absolute Gasteiger partial charge is 0.377 e. The molecule has 2 heterocycles. The summed E-state index contributed by atoms with van der Waals surface area (Å²) in [4.78, 5) is 11.0. The van der Waals surface area contributed by atoms with Crippen molar-refractivity contribution in [2.24, 2.45) is 0 Å². The topological polar surface area (TPSA) is 38.2 Å². The highest BCUT2D eigenvalue weighted by Crippen LogP contribution is 2.27. The number of halogens is 1. The van der Waals surface area contributed by atoms with E-state index in [9.17, 15) is 0 Å². The van der Waals surface area contributed by atoms with Gasteiger partial charge in [0, 0.05) is 25.8 Å². The van der Waals surface area contributed by atoms with Crippen molar-refractivity contribution in [3.8, 4) is 0 Å². The summed E-state index contributed by atoms with van der Waals surface area (Å²) < 4.78 is 5.05. The minimum atomic E-state index is 0.401. The van der Waals surface area contributed by atoms with Gasteiger partial charge in [-0.3, -0.25) is 0 Å². The second kappa shape index (κ2) is 5.65. The van der Waals surface area contributed by atoms with E-state index in [0.29, 0.717) is 23.6 Å². The van der Waals surface area contributed by atoms with E-state index in [1.807, 2.05) is 6.07 Å². The first-order valence-electron chi connectivity index (χ1n) is 6.03. The van der Waals surface area contributed by atoms with E-state index in [0.717, 1.165) is 18.8 Å². The molecule has 1 atom stereocenters. The molecule has 17 heavy (non-hydrogen) atoms. The molecular weight excluding hydrogens is 238 g/mol. The molecule has 4 nitrogen and oxygen atoms in total. The lowest BCUT2D eigenvalue weighted by atomic mass is 10.2. The Morgan fingerprint density at radius 3 is 3.06 bits per heavy atom. The zero-order valence-electron chi connectivity index (χ0n) is 10.3. The van der Waals surface area contributed by atoms with Crippen LogP contribution in [0, 0.1) is 0 Å². The molecule has 0 aliphatic carbocycles. The smallest absolute Gasteiger partial charge is 0.158 e. The van der Waals surface area contributed by atoms with Gasteiger partial charge < -0.3 is 9.64 Å². The molecule has 0 N–H and O–H groups in total. The van der Waals surface area contributed by atoms with Gasteiger partial charge in [0.2, 0.25) is 0 Å². The van der Waals surface area contributed by atoms with Crippen LogP contribution in [0.2, 0.25) is 5.15 Å². The van der Waals surface area contributed by atoms with Gasteiger partial charge in [-0.15, -0.1) is 0 Å². The van der Waals surface area contributed by atoms with Crippen LogP contribution in [0.4, 0.5) is 5.82 Å². The number of anilines is 1. The Morgan fingerprint density at radius 1 is 1.53 bits per heavy atom. The normalized spacial score (nSPS) is 19.9. The molecule has 1 saturated heterocycles. The van der Waals surface area contributed by atoms with Gasteiger partial charge in [-0.1, -0.05) is 18.5 Å². The summed E-state index contributed by atoms with van der Waals surface area (Å²) in [6, 6.07) is 2.42. The number of ether oxygens (including phenoxy) is 1. The maximum atomic E-state index is 6.02. The lowest BCUT2D eigenvalue weighted by Gasteiger charge is -2.25. The molecule has 94 valence electrons. The van der Waals surface area contributed by atoms with Crippen molar-refractivity contribution in [1.29, 1.82) is 0 Å². The van der Waals surface area contributed by atoms with E-state index < -0.39 is 0 Å². The minimum absolute atomic E-state index is 0.401. The predicted molar refractivity (Wildman–Crippen MR) is 68.4 cm³/mol. The van der Waals surface area contributed by atoms with Gasteiger partial charge >= 0.3 is 0 Å². The van der Waals surface area contributed by atoms with Crippen LogP contribution in [0.15, 0.2) is 6.07 Å². The Hall–Kier alpha value is -0.870. The second-order valence-electron chi connectivity index (χ2n) is 4.30. The summed E-state index contributed by atoms with van der Waals surface area (Å²) in [6.07, 6.45) is 3.60. The van der Waals surface area contributed by atoms with Crippen LogP contribution in [0.25, 0.3) is 0 Å². The second-order valence-corrected chi connectivity index (χ2v) is 4.68. The molecule has 1 aliphatic rings. The molecule has 0 aromatic carbocycles. The van der Waals surface area contributed by atoms with E-state index in [1.165, 1.54) is 12.8 Å². The first-order valence-corrected chi connectivity index (χ1v) is 6.41. The van der Waals surface area contributed by atoms with Crippen molar-refractivity contribution >= 4 is 17.4 Å². The van der Waals surface area contributed by atoms with Crippen molar-refractivity contribution in [2.45, 2.75) is 38.8 Å². The van der Waals surface area contributed by atoms with E-state index in [-0.39, 0.29) is 0 Å². The molecule has 0 bridgehead atoms. The van der Waals surface area contributed by atoms with Crippen LogP contribution in [0.3, 0.4) is 0 Å². The Morgan fingerprint density at radius 2 is 2.35 bits per heavy atom. The molecule has 0 saturated carbocycles. The quantitative estimate of drug-likeness (QED) is 0.776. The van der Waals surface area contributed by atoms with Gasteiger partial charge in [0.1, 0.15) is 17.6 Å². The fourth-order valence-corrected chi connectivity index (χ4v) is 2.55. The summed E-state index contributed by atoms with van der Waals surface area (Å²) in [5, 5.41) is 0.490. The Bertz CT molecular complexity index is 386. The van der Waals surface area contributed by atoms with Crippen LogP contribution >= 0.6 is 11.6 Å². The highest BCUT2D eigenvalue weighted by Gasteiger charge is 2.24. The van der Waals surface area contributed by atoms with Crippen LogP contribution in [-0.4, -0.2) is 29.7 Å². The van der Waals surface area contributed by atoms with Crippen molar-refractivity contribution in [1.82, 2.24) is 9.97 Å². The SMILES string of the molecule is CCC1CCCN1c1cc(Cl)nc(COC)n1. The third-order valence-electron chi connectivity index (χ3n) is 3.14. The van der Waals surface area contributed by atoms with Crippen molar-refractivity contribution in [2.75, 3.05) is 18.6 Å². The van der Waals surface area contributed by atoms with Crippen LogP contribution in [-0.2, 0) is 11.3 Å². The molecule has 1 unspecified atom stereocenters. The van der Waals surface area contributed by atoms with E-state index in [1.54, 1.807) is 7.11 Å². The molecule has 1 fully saturated rings. The van der Waals surface area contributed by atoms with Crippen LogP contribution in [0.1, 0.15) is 32.0 Å². The first kappa shape index (κ1) is 12.6. The van der Waals surface area contributed by atoms with E-state index in [4.69, 9.17) is 16.3 Å². The van der Waals surface area contributed by atoms with Crippen molar-refractivity contribution in [3.63, 3.8) is 0 Å². The summed E-state index contributed by atoms with van der Waals surface area (Å²) >= 11 is 6.02. The summed E-state index contributed by atoms with van der Waals surface area (Å²) in [7, 11) is 1.63. The zero-order valence-corrected chi connectivity index (χ0v) is 11.1. The van der Waals surface area contributed by atoms with Crippen molar-refractivity contribution < 1.29 is 4.74 Å². The average molecular weight is 256 g/mol. The van der Waals surface area contributed by atoms with E-state index >= 15 is 0 Å². The molecule has 2 rings (SSSR count). The zero-order chi connectivity index (χ0) is 12.3. The number of methoxy groups -OCH3 is 1. The maximum absolute atomic E-state index is 6.02. The average Bonchev–Trinajstić information content (AvgIpc) is 2.76. The molecule has 0 spiro atoms. The Labute approximate surface area is 107 Å². The lowest BCUT2D eigenvalue weighted by Crippen LogP contribution is -2.29. The number of rotatable bonds is 4. The van der Waals surface area contributed by atoms with Gasteiger partial charge in [-0.2, -0.15) is 0 Å². The Kier molecular flexibility index (Phi) is 4.18. The van der Waals surface area contributed by atoms with Crippen LogP contribution < -0.4 is 4.90 Å². The number of aromatic nitrogens is 2. The lowest BCUT2D eigenvalue weighted by molar-refractivity contribution is 0.178. The fraction of sp³-hybridized carbons (Fsp3) is 0.667. The van der Waals surface area contributed by atoms with Gasteiger partial charge in [0.25, 0.3) is 0 Å². The number of nitrogens with zero attached hydrogens (tertiary/aromatic N) is 3. The summed E-state index contributed by atoms with van der Waals surface area (Å²) in [5.74, 6) is 1.58. The van der Waals surface area contributed by atoms with Gasteiger partial charge in [0.05, 0.1) is 0 Å². The molecule has 0 amide bonds. The third-order valence-corrected chi connectivity index (χ3v) is 3.34. The van der Waals surface area contributed by atoms with Gasteiger partial charge in [-0.05, 0) is 19.3 Å². The first-order chi connectivity index (χ1) is 8.24. The van der Waals surface area contributed by atoms with E-state index in [2.05, 4.69) is 21.8 Å². The van der Waals surface area contributed by atoms with Gasteiger partial charge in [0.15, 0.2) is 5.82 Å². The molecule has 1 aromatic heterocycles. The van der Waals surface area contributed by atoms with Gasteiger partial charge in [-0.25, -0.2) is 9.97 Å². The fourth-order valence-electron chi connectivity index (χ4n) is 2.35. The molecule has 1 aliphatic heterocycles. The minimum Gasteiger partial charge on any atom is -0.377 e. The molecule has 0 radical (unpaired) electrons. The maximum Gasteiger partial charge on any atom is 0.158 e. The highest BCUT2D eigenvalue weighted by atomic mass is 35.5. The number of hydrogen-bond donors (Lipinski definition) is 0. The summed E-state index contributed by atoms with van der Waals surface area (Å²) in [5.41, 5.74) is 0. The van der Waals surface area contributed by atoms with Crippen molar-refractivity contribution in [3.05, 3.63) is 17.0 Å². The monoisotopic (exact) mass is 255 g/mol. The molecule has 5 heteroatoms. The number of hydrogen-bond acceptors (Lipinski definition) is 4. The third kappa shape index (κ3) is 2.87. The standard InChI is InChI=1S/C12H18ClN3O/c1-3-9-5-4-6-16(9)12-7-10(13)14-11(15-12)8-17-2/h7,9H,3-6,8H2,1-2H3. The molecule has 1 aromatic rings. The predicted octanol–water partition coefficient (Wildman–Crippen LogP) is 2.66. The molecular formula is C12H18ClN3O. The summed E-state index contributed by atoms with van der Waals surface area (Å²) in [6.45, 7) is 3.66. The Balaban J connectivity index is 2.24. The highest BCUT2D eigenvalue weighted by molar-refractivity contribution is 6.29.